The summed E-state index contributed by atoms with van der Waals surface area (Å²) in [6.45, 7) is 0. The highest BCUT2D eigenvalue weighted by atomic mass is 31.1. The van der Waals surface area contributed by atoms with Crippen LogP contribution in [0.15, 0.2) is 30.3 Å². The number of carboxylic acid groups (broad SMARTS) is 1. The van der Waals surface area contributed by atoms with Crippen LogP contribution in [-0.2, 0) is 9.36 Å². The van der Waals surface area contributed by atoms with Crippen molar-refractivity contribution in [3.05, 3.63) is 41.5 Å². The van der Waals surface area contributed by atoms with Gasteiger partial charge in [-0.3, -0.25) is 0 Å². The number of aliphatic carboxylic acids is 1. The Balaban J connectivity index is 2.83. The number of carboxylic acids is 1. The minimum absolute atomic E-state index is 0.316. The molecule has 0 heterocycles. The van der Waals surface area contributed by atoms with Gasteiger partial charge in [0.2, 0.25) is 0 Å². The van der Waals surface area contributed by atoms with Gasteiger partial charge in [0, 0.05) is 11.6 Å². The molecule has 2 atom stereocenters. The number of benzene rings is 1. The molecule has 0 amide bonds. The molecule has 16 heavy (non-hydrogen) atoms. The van der Waals surface area contributed by atoms with Gasteiger partial charge < -0.3 is 10.2 Å². The Morgan fingerprint density at radius 3 is 2.31 bits per heavy atom. The molecule has 2 unspecified atom stereocenters. The summed E-state index contributed by atoms with van der Waals surface area (Å²) in [4.78, 5) is 18.9. The molecule has 6 heteroatoms. The van der Waals surface area contributed by atoms with E-state index in [9.17, 15) is 14.5 Å². The topological polar surface area (TPSA) is 94.8 Å². The van der Waals surface area contributed by atoms with Gasteiger partial charge in [-0.15, -0.1) is 0 Å². The first-order valence-corrected chi connectivity index (χ1v) is 5.63. The van der Waals surface area contributed by atoms with Crippen molar-refractivity contribution in [3.63, 3.8) is 0 Å². The number of rotatable bonds is 4. The first-order valence-electron chi connectivity index (χ1n) is 4.35. The molecule has 0 aliphatic carbocycles. The first-order chi connectivity index (χ1) is 7.50. The zero-order valence-corrected chi connectivity index (χ0v) is 9.04. The van der Waals surface area contributed by atoms with Gasteiger partial charge in [-0.05, 0) is 16.2 Å². The molecule has 0 fully saturated rings. The van der Waals surface area contributed by atoms with E-state index in [4.69, 9.17) is 10.00 Å². The van der Waals surface area contributed by atoms with Crippen molar-refractivity contribution in [2.75, 3.05) is 0 Å². The van der Waals surface area contributed by atoms with Crippen molar-refractivity contribution in [1.29, 1.82) is 0 Å². The molecule has 1 aromatic rings. The molecule has 0 aliphatic heterocycles. The highest BCUT2D eigenvalue weighted by molar-refractivity contribution is 7.38. The Kier molecular flexibility index (Phi) is 4.31. The lowest BCUT2D eigenvalue weighted by Crippen LogP contribution is -1.91. The van der Waals surface area contributed by atoms with Crippen LogP contribution in [0.2, 0.25) is 0 Å². The maximum absolute atomic E-state index is 10.6. The number of aliphatic hydroxyl groups is 1. The van der Waals surface area contributed by atoms with Gasteiger partial charge in [-0.25, -0.2) is 4.79 Å². The van der Waals surface area contributed by atoms with Crippen LogP contribution in [0.4, 0.5) is 0 Å². The number of hydrogen-bond donors (Lipinski definition) is 3. The Labute approximate surface area is 92.5 Å². The van der Waals surface area contributed by atoms with E-state index in [0.29, 0.717) is 11.1 Å². The third-order valence-electron chi connectivity index (χ3n) is 1.86. The summed E-state index contributed by atoms with van der Waals surface area (Å²) in [5.74, 6) is -2.46. The maximum atomic E-state index is 10.6. The second-order valence-corrected chi connectivity index (χ2v) is 4.11. The zero-order chi connectivity index (χ0) is 12.1. The second-order valence-electron chi connectivity index (χ2n) is 3.01. The van der Waals surface area contributed by atoms with Crippen LogP contribution in [0.1, 0.15) is 17.0 Å². The third-order valence-corrected chi connectivity index (χ3v) is 2.58. The van der Waals surface area contributed by atoms with Crippen molar-refractivity contribution in [1.82, 2.24) is 0 Å². The third kappa shape index (κ3) is 3.55. The van der Waals surface area contributed by atoms with Gasteiger partial charge in [-0.2, -0.15) is 4.89 Å². The number of aliphatic hydroxyl groups excluding tert-OH is 1. The van der Waals surface area contributed by atoms with Gasteiger partial charge in [0.1, 0.15) is 0 Å². The van der Waals surface area contributed by atoms with E-state index in [1.807, 2.05) is 0 Å². The smallest absolute Gasteiger partial charge is 0.478 e. The van der Waals surface area contributed by atoms with E-state index in [1.165, 1.54) is 18.2 Å². The van der Waals surface area contributed by atoms with Crippen molar-refractivity contribution in [3.8, 4) is 0 Å². The van der Waals surface area contributed by atoms with Crippen LogP contribution < -0.4 is 0 Å². The SMILES string of the molecule is O=C(O)/C=C/c1ccc(C(O)[P+](=O)O)cc1. The molecule has 1 aromatic carbocycles. The summed E-state index contributed by atoms with van der Waals surface area (Å²) in [6.07, 6.45) is 2.37. The van der Waals surface area contributed by atoms with Crippen LogP contribution in [0.3, 0.4) is 0 Å². The molecule has 0 radical (unpaired) electrons. The van der Waals surface area contributed by atoms with E-state index >= 15 is 0 Å². The average molecular weight is 241 g/mol. The first kappa shape index (κ1) is 12.5. The fraction of sp³-hybridized carbons (Fsp3) is 0.100. The lowest BCUT2D eigenvalue weighted by Gasteiger charge is -1.98. The molecule has 3 N–H and O–H groups in total. The van der Waals surface area contributed by atoms with E-state index in [1.54, 1.807) is 12.1 Å². The molecular weight excluding hydrogens is 231 g/mol. The Hall–Kier alpha value is -1.55. The Morgan fingerprint density at radius 1 is 1.31 bits per heavy atom. The largest absolute Gasteiger partial charge is 0.542 e. The summed E-state index contributed by atoms with van der Waals surface area (Å²) in [7, 11) is -2.67. The fourth-order valence-corrected chi connectivity index (χ4v) is 1.50. The number of carbonyl (C=O) groups is 1. The van der Waals surface area contributed by atoms with Gasteiger partial charge in [0.25, 0.3) is 0 Å². The van der Waals surface area contributed by atoms with Crippen molar-refractivity contribution in [2.24, 2.45) is 0 Å². The normalized spacial score (nSPS) is 13.8. The summed E-state index contributed by atoms with van der Waals surface area (Å²) in [5, 5.41) is 17.7. The second kappa shape index (κ2) is 5.51. The van der Waals surface area contributed by atoms with Gasteiger partial charge >= 0.3 is 19.8 Å². The molecule has 84 valence electrons. The molecule has 5 nitrogen and oxygen atoms in total. The van der Waals surface area contributed by atoms with Crippen LogP contribution in [0.5, 0.6) is 0 Å². The summed E-state index contributed by atoms with van der Waals surface area (Å²) in [5.41, 5.74) is 0.947. The van der Waals surface area contributed by atoms with Crippen LogP contribution in [-0.4, -0.2) is 21.1 Å². The van der Waals surface area contributed by atoms with Crippen molar-refractivity contribution < 1.29 is 24.5 Å². The maximum Gasteiger partial charge on any atom is 0.542 e. The van der Waals surface area contributed by atoms with Crippen molar-refractivity contribution in [2.45, 2.75) is 5.85 Å². The summed E-state index contributed by atoms with van der Waals surface area (Å²) < 4.78 is 10.6. The van der Waals surface area contributed by atoms with E-state index < -0.39 is 19.8 Å². The predicted molar refractivity (Wildman–Crippen MR) is 57.9 cm³/mol. The van der Waals surface area contributed by atoms with Gasteiger partial charge in [-0.1, -0.05) is 24.3 Å². The minimum Gasteiger partial charge on any atom is -0.478 e. The van der Waals surface area contributed by atoms with Crippen molar-refractivity contribution >= 4 is 20.1 Å². The predicted octanol–water partition coefficient (Wildman–Crippen LogP) is 1.51. The lowest BCUT2D eigenvalue weighted by atomic mass is 10.1. The Bertz CT molecular complexity index is 423. The standard InChI is InChI=1S/C10H9O5P/c11-9(12)6-3-7-1-4-8(5-2-7)10(13)16(14)15/h1-6,10,13H,(H-,11,12,14,15)/p+1/b6-3+. The van der Waals surface area contributed by atoms with Gasteiger partial charge in [0.05, 0.1) is 0 Å². The highest BCUT2D eigenvalue weighted by Crippen LogP contribution is 2.34. The van der Waals surface area contributed by atoms with E-state index in [2.05, 4.69) is 0 Å². The lowest BCUT2D eigenvalue weighted by molar-refractivity contribution is -0.131. The molecule has 0 aromatic heterocycles. The van der Waals surface area contributed by atoms with Crippen LogP contribution in [0.25, 0.3) is 6.08 Å². The molecule has 0 saturated carbocycles. The molecule has 0 aliphatic rings. The quantitative estimate of drug-likeness (QED) is 0.548. The molecule has 1 rings (SSSR count). The number of hydrogen-bond acceptors (Lipinski definition) is 3. The molecule has 0 saturated heterocycles. The Morgan fingerprint density at radius 2 is 1.88 bits per heavy atom. The van der Waals surface area contributed by atoms with E-state index in [-0.39, 0.29) is 0 Å². The summed E-state index contributed by atoms with van der Waals surface area (Å²) in [6, 6.07) is 6.04. The monoisotopic (exact) mass is 241 g/mol. The minimum atomic E-state index is -2.67. The summed E-state index contributed by atoms with van der Waals surface area (Å²) >= 11 is 0. The van der Waals surface area contributed by atoms with Crippen LogP contribution in [0, 0.1) is 0 Å². The average Bonchev–Trinajstić information content (AvgIpc) is 2.26. The molecule has 0 spiro atoms. The van der Waals surface area contributed by atoms with E-state index in [0.717, 1.165) is 6.08 Å². The van der Waals surface area contributed by atoms with Crippen LogP contribution >= 0.6 is 8.03 Å². The van der Waals surface area contributed by atoms with Gasteiger partial charge in [0.15, 0.2) is 0 Å². The molecular formula is C10H10O5P+. The highest BCUT2D eigenvalue weighted by Gasteiger charge is 2.27. The molecule has 0 bridgehead atoms. The zero-order valence-electron chi connectivity index (χ0n) is 8.15. The fourth-order valence-electron chi connectivity index (χ4n) is 1.07.